The van der Waals surface area contributed by atoms with Crippen LogP contribution in [0.1, 0.15) is 61.3 Å². The van der Waals surface area contributed by atoms with Crippen LogP contribution in [0.4, 0.5) is 13.2 Å². The largest absolute Gasteiger partial charge is 0.741 e. The molecule has 0 saturated heterocycles. The Morgan fingerprint density at radius 1 is 0.698 bits per heavy atom. The smallest absolute Gasteiger partial charge is 0.485 e. The first-order chi connectivity index (χ1) is 20.6. The summed E-state index contributed by atoms with van der Waals surface area (Å²) in [5.74, 6) is 0. The van der Waals surface area contributed by atoms with Crippen molar-refractivity contribution in [1.82, 2.24) is 0 Å². The Hall–Kier alpha value is -3.49. The van der Waals surface area contributed by atoms with E-state index < -0.39 is 15.6 Å². The molecule has 2 aliphatic rings. The minimum Gasteiger partial charge on any atom is -0.741 e. The highest BCUT2D eigenvalue weighted by atomic mass is 32.2. The van der Waals surface area contributed by atoms with Crippen LogP contribution in [0.2, 0.25) is 0 Å². The maximum Gasteiger partial charge on any atom is 0.485 e. The van der Waals surface area contributed by atoms with E-state index in [9.17, 15) is 13.2 Å². The third-order valence-corrected chi connectivity index (χ3v) is 8.95. The zero-order valence-electron chi connectivity index (χ0n) is 24.3. The van der Waals surface area contributed by atoms with E-state index in [4.69, 9.17) is 13.0 Å². The van der Waals surface area contributed by atoms with Crippen LogP contribution < -0.4 is 4.57 Å². The fourth-order valence-electron chi connectivity index (χ4n) is 6.47. The zero-order chi connectivity index (χ0) is 30.6. The first-order valence-corrected chi connectivity index (χ1v) is 16.4. The quantitative estimate of drug-likeness (QED) is 0.0921. The van der Waals surface area contributed by atoms with Gasteiger partial charge in [0.2, 0.25) is 11.4 Å². The van der Waals surface area contributed by atoms with E-state index in [1.807, 2.05) is 0 Å². The van der Waals surface area contributed by atoms with Crippen LogP contribution >= 0.6 is 0 Å². The standard InChI is InChI=1S/C34H36N.CHF3O3S/c1-2-3-4-5-13-24-35-33-28-18-11-9-14-25(28)20-22-30(33)32(27-16-7-6-8-17-27)31-23-21-26-15-10-12-19-29(26)34(31)35;2-1(3,4)8(5,6)7/h6-12,14-19H,2-5,13,20-24H2,1H3;(H,5,6,7)/q+1;/p-1. The number of hydrogen-bond acceptors (Lipinski definition) is 3. The van der Waals surface area contributed by atoms with Crippen LogP contribution in [0.3, 0.4) is 0 Å². The molecule has 0 radical (unpaired) electrons. The summed E-state index contributed by atoms with van der Waals surface area (Å²) in [6, 6.07) is 29.5. The maximum atomic E-state index is 10.7. The molecular formula is C35H36F3NO3S. The van der Waals surface area contributed by atoms with Gasteiger partial charge in [0.1, 0.15) is 6.54 Å². The molecule has 3 aromatic carbocycles. The van der Waals surface area contributed by atoms with Crippen molar-refractivity contribution in [3.05, 3.63) is 101 Å². The van der Waals surface area contributed by atoms with Gasteiger partial charge < -0.3 is 4.55 Å². The molecule has 1 aromatic heterocycles. The van der Waals surface area contributed by atoms with Crippen LogP contribution in [0.15, 0.2) is 78.9 Å². The number of hydrogen-bond donors (Lipinski definition) is 0. The minimum atomic E-state index is -6.09. The molecule has 43 heavy (non-hydrogen) atoms. The molecule has 6 rings (SSSR count). The van der Waals surface area contributed by atoms with Crippen molar-refractivity contribution < 1.29 is 30.7 Å². The Bertz CT molecular complexity index is 1620. The number of aryl methyl sites for hydroxylation is 2. The molecule has 1 heterocycles. The number of alkyl halides is 3. The molecule has 226 valence electrons. The summed E-state index contributed by atoms with van der Waals surface area (Å²) >= 11 is 0. The summed E-state index contributed by atoms with van der Waals surface area (Å²) in [5, 5.41) is 0. The van der Waals surface area contributed by atoms with Crippen molar-refractivity contribution in [2.24, 2.45) is 0 Å². The van der Waals surface area contributed by atoms with Gasteiger partial charge in [-0.15, -0.1) is 0 Å². The van der Waals surface area contributed by atoms with Crippen molar-refractivity contribution in [2.75, 3.05) is 0 Å². The van der Waals surface area contributed by atoms with E-state index >= 15 is 0 Å². The second kappa shape index (κ2) is 13.0. The predicted molar refractivity (Wildman–Crippen MR) is 162 cm³/mol. The highest BCUT2D eigenvalue weighted by Gasteiger charge is 2.38. The zero-order valence-corrected chi connectivity index (χ0v) is 25.1. The van der Waals surface area contributed by atoms with Crippen LogP contribution in [0.5, 0.6) is 0 Å². The Morgan fingerprint density at radius 2 is 1.16 bits per heavy atom. The summed E-state index contributed by atoms with van der Waals surface area (Å²) < 4.78 is 61.7. The van der Waals surface area contributed by atoms with E-state index in [1.54, 1.807) is 11.1 Å². The second-order valence-corrected chi connectivity index (χ2v) is 12.5. The van der Waals surface area contributed by atoms with Crippen LogP contribution in [-0.4, -0.2) is 18.5 Å². The first-order valence-electron chi connectivity index (χ1n) is 15.0. The number of halogens is 3. The SMILES string of the molecule is CCCCCCC[n+]1c2c(c(-c3ccccc3)c3c1-c1ccccc1CC3)CCc1ccccc1-2.O=S(=O)([O-])C(F)(F)F. The van der Waals surface area contributed by atoms with Crippen molar-refractivity contribution in [3.63, 3.8) is 0 Å². The number of benzene rings is 3. The Morgan fingerprint density at radius 3 is 1.65 bits per heavy atom. The number of rotatable bonds is 7. The molecule has 0 unspecified atom stereocenters. The van der Waals surface area contributed by atoms with Gasteiger partial charge in [-0.3, -0.25) is 0 Å². The van der Waals surface area contributed by atoms with Crippen molar-refractivity contribution in [1.29, 1.82) is 0 Å². The van der Waals surface area contributed by atoms with Gasteiger partial charge in [0, 0.05) is 34.2 Å². The molecule has 0 fully saturated rings. The molecule has 2 aliphatic carbocycles. The molecule has 4 nitrogen and oxygen atoms in total. The molecule has 0 spiro atoms. The number of unbranched alkanes of at least 4 members (excludes halogenated alkanes) is 4. The van der Waals surface area contributed by atoms with E-state index in [1.165, 1.54) is 76.9 Å². The average molecular weight is 608 g/mol. The van der Waals surface area contributed by atoms with Gasteiger partial charge in [-0.05, 0) is 60.9 Å². The Balaban J connectivity index is 0.000000407. The molecular weight excluding hydrogens is 571 g/mol. The predicted octanol–water partition coefficient (Wildman–Crippen LogP) is 8.19. The normalized spacial score (nSPS) is 13.6. The van der Waals surface area contributed by atoms with Gasteiger partial charge >= 0.3 is 5.51 Å². The number of pyridine rings is 1. The van der Waals surface area contributed by atoms with Crippen LogP contribution in [-0.2, 0) is 42.3 Å². The maximum absolute atomic E-state index is 10.7. The van der Waals surface area contributed by atoms with Gasteiger partial charge in [-0.25, -0.2) is 8.42 Å². The first kappa shape index (κ1) is 31.0. The minimum absolute atomic E-state index is 1.10. The lowest BCUT2D eigenvalue weighted by molar-refractivity contribution is -0.676. The number of nitrogens with zero attached hydrogens (tertiary/aromatic N) is 1. The third-order valence-electron chi connectivity index (χ3n) is 8.38. The van der Waals surface area contributed by atoms with Crippen molar-refractivity contribution in [2.45, 2.75) is 76.8 Å². The highest BCUT2D eigenvalue weighted by Crippen LogP contribution is 2.44. The molecule has 0 aliphatic heterocycles. The summed E-state index contributed by atoms with van der Waals surface area (Å²) in [4.78, 5) is 0. The molecule has 0 atom stereocenters. The topological polar surface area (TPSA) is 61.1 Å². The Labute approximate surface area is 252 Å². The summed E-state index contributed by atoms with van der Waals surface area (Å²) in [5.41, 5.74) is 9.26. The summed E-state index contributed by atoms with van der Waals surface area (Å²) in [6.45, 7) is 3.41. The third kappa shape index (κ3) is 6.55. The highest BCUT2D eigenvalue weighted by molar-refractivity contribution is 7.86. The van der Waals surface area contributed by atoms with Gasteiger partial charge in [0.15, 0.2) is 10.1 Å². The van der Waals surface area contributed by atoms with E-state index in [0.717, 1.165) is 32.2 Å². The van der Waals surface area contributed by atoms with Crippen molar-refractivity contribution >= 4 is 10.1 Å². The lowest BCUT2D eigenvalue weighted by Crippen LogP contribution is -2.43. The molecule has 0 N–H and O–H groups in total. The Kier molecular flexibility index (Phi) is 9.37. The van der Waals surface area contributed by atoms with Gasteiger partial charge in [-0.2, -0.15) is 17.7 Å². The second-order valence-electron chi connectivity index (χ2n) is 11.2. The van der Waals surface area contributed by atoms with Crippen LogP contribution in [0.25, 0.3) is 33.6 Å². The monoisotopic (exact) mass is 607 g/mol. The molecule has 0 saturated carbocycles. The van der Waals surface area contributed by atoms with Gasteiger partial charge in [0.05, 0.1) is 0 Å². The van der Waals surface area contributed by atoms with Crippen molar-refractivity contribution in [3.8, 4) is 33.6 Å². The lowest BCUT2D eigenvalue weighted by atomic mass is 9.77. The fraction of sp³-hybridized carbons (Fsp3) is 0.343. The van der Waals surface area contributed by atoms with Gasteiger partial charge in [0.25, 0.3) is 0 Å². The van der Waals surface area contributed by atoms with Gasteiger partial charge in [-0.1, -0.05) is 92.9 Å². The lowest BCUT2D eigenvalue weighted by Gasteiger charge is -2.28. The molecule has 4 aromatic rings. The fourth-order valence-corrected chi connectivity index (χ4v) is 6.47. The summed E-state index contributed by atoms with van der Waals surface area (Å²) in [6.07, 6.45) is 11.1. The van der Waals surface area contributed by atoms with Crippen LogP contribution in [0, 0.1) is 0 Å². The van der Waals surface area contributed by atoms with E-state index in [-0.39, 0.29) is 0 Å². The molecule has 0 bridgehead atoms. The average Bonchev–Trinajstić information content (AvgIpc) is 3.00. The van der Waals surface area contributed by atoms with E-state index in [0.29, 0.717) is 0 Å². The molecule has 8 heteroatoms. The van der Waals surface area contributed by atoms with E-state index in [2.05, 4.69) is 90.4 Å². The number of fused-ring (bicyclic) bond motifs is 6. The number of aromatic nitrogens is 1. The summed E-state index contributed by atoms with van der Waals surface area (Å²) in [7, 11) is -6.09. The molecule has 0 amide bonds.